The number of fused-ring (bicyclic) bond motifs is 11. The van der Waals surface area contributed by atoms with Crippen LogP contribution >= 0.6 is 22.7 Å². The quantitative estimate of drug-likeness (QED) is 0.145. The highest BCUT2D eigenvalue weighted by molar-refractivity contribution is 7.15. The maximum Gasteiger partial charge on any atom is 0.426 e. The number of ketones is 2. The number of alkyl halides is 3. The van der Waals surface area contributed by atoms with Crippen molar-refractivity contribution < 1.29 is 32.2 Å². The number of rotatable bonds is 2. The van der Waals surface area contributed by atoms with Gasteiger partial charge in [0.25, 0.3) is 0 Å². The lowest BCUT2D eigenvalue weighted by Gasteiger charge is -2.48. The first-order chi connectivity index (χ1) is 32.9. The molecule has 2 unspecified atom stereocenters. The second-order valence-electron chi connectivity index (χ2n) is 18.7. The van der Waals surface area contributed by atoms with E-state index in [1.54, 1.807) is 42.5 Å². The minimum absolute atomic E-state index is 0.0307. The van der Waals surface area contributed by atoms with Gasteiger partial charge in [-0.15, -0.1) is 22.7 Å². The molecule has 8 aliphatic rings. The van der Waals surface area contributed by atoms with E-state index in [4.69, 9.17) is 9.47 Å². The van der Waals surface area contributed by atoms with Gasteiger partial charge in [-0.1, -0.05) is 85.7 Å². The number of carbonyl (C=O) groups is 2. The smallest absolute Gasteiger partial charge is 0.426 e. The molecule has 6 aliphatic carbocycles. The standard InChI is InChI=1S/C56H38F3N3O4S2/c57-56(58,59)45(29-62)49-36-12-4-6-14-38(36)51(64)42(49)24-34-26-47-53(68-34)40-20-31-21-43-39(19-30(31)22-44(40)55(66-47)17-9-2-10-18-55)52-46(65-54(43)15-7-1-8-16-54)25-33(67-52)23-41-48(32(27-60)28-61)35-11-3-5-13-37(35)50(41)63/h3-6,11-14,19-26,30-31H,1-2,7-10,15-18H2/b41-23-,42-24-,49-45+. The van der Waals surface area contributed by atoms with E-state index in [2.05, 4.69) is 24.3 Å². The van der Waals surface area contributed by atoms with Crippen LogP contribution in [0, 0.1) is 45.8 Å². The summed E-state index contributed by atoms with van der Waals surface area (Å²) in [4.78, 5) is 30.9. The predicted octanol–water partition coefficient (Wildman–Crippen LogP) is 13.8. The third kappa shape index (κ3) is 6.33. The van der Waals surface area contributed by atoms with Crippen molar-refractivity contribution in [2.75, 3.05) is 0 Å². The largest absolute Gasteiger partial charge is 0.481 e. The van der Waals surface area contributed by atoms with E-state index < -0.39 is 34.3 Å². The molecule has 0 bridgehead atoms. The second-order valence-corrected chi connectivity index (χ2v) is 20.8. The van der Waals surface area contributed by atoms with Gasteiger partial charge >= 0.3 is 6.18 Å². The Hall–Kier alpha value is -7.04. The summed E-state index contributed by atoms with van der Waals surface area (Å²) in [6.45, 7) is 0. The number of allylic oxidation sites excluding steroid dienone is 10. The molecular weight excluding hydrogens is 900 g/mol. The maximum atomic E-state index is 14.4. The van der Waals surface area contributed by atoms with Crippen molar-refractivity contribution in [1.29, 1.82) is 15.8 Å². The minimum Gasteiger partial charge on any atom is -0.481 e. The molecule has 0 saturated heterocycles. The molecule has 2 aromatic heterocycles. The van der Waals surface area contributed by atoms with E-state index >= 15 is 0 Å². The van der Waals surface area contributed by atoms with E-state index in [0.29, 0.717) is 32.9 Å². The van der Waals surface area contributed by atoms with Crippen LogP contribution in [0.4, 0.5) is 13.2 Å². The SMILES string of the molecule is N#CC(C#N)=C1/C(=C/c2cc3c(s2)C2=CC4C=C5C(=CC4C=C2C2(CCCCC2)O3)c2sc(/C=C3\C(=O)c4ccccc4\C3=C(\C#N)C(F)(F)F)cc2OC52CCCCC2)C(=O)c2ccccc21. The molecule has 12 rings (SSSR count). The molecule has 0 amide bonds. The molecule has 4 heterocycles. The van der Waals surface area contributed by atoms with E-state index in [0.717, 1.165) is 107 Å². The average molecular weight is 938 g/mol. The van der Waals surface area contributed by atoms with Gasteiger partial charge in [-0.3, -0.25) is 9.59 Å². The van der Waals surface area contributed by atoms with Gasteiger partial charge in [-0.05, 0) is 97.9 Å². The lowest BCUT2D eigenvalue weighted by Crippen LogP contribution is -2.45. The van der Waals surface area contributed by atoms with Crippen molar-refractivity contribution in [3.8, 4) is 29.7 Å². The number of thiophene rings is 2. The molecule has 7 nitrogen and oxygen atoms in total. The van der Waals surface area contributed by atoms with E-state index in [1.165, 1.54) is 47.0 Å². The number of halogens is 3. The molecule has 2 spiro atoms. The number of Topliss-reactive ketones (excluding diaryl/α,β-unsaturated/α-hetero) is 2. The number of hydrogen-bond acceptors (Lipinski definition) is 9. The minimum atomic E-state index is -4.96. The Morgan fingerprint density at radius 2 is 1.03 bits per heavy atom. The first-order valence-electron chi connectivity index (χ1n) is 23.0. The summed E-state index contributed by atoms with van der Waals surface area (Å²) < 4.78 is 57.5. The van der Waals surface area contributed by atoms with Crippen molar-refractivity contribution in [2.24, 2.45) is 11.8 Å². The van der Waals surface area contributed by atoms with Crippen LogP contribution in [0.25, 0.3) is 34.4 Å². The summed E-state index contributed by atoms with van der Waals surface area (Å²) in [6, 6.07) is 22.4. The van der Waals surface area contributed by atoms with Crippen molar-refractivity contribution in [2.45, 2.75) is 81.6 Å². The number of benzene rings is 2. The zero-order valence-corrected chi connectivity index (χ0v) is 38.0. The molecule has 2 atom stereocenters. The molecule has 2 aliphatic heterocycles. The average Bonchev–Trinajstić information content (AvgIpc) is 4.08. The Labute approximate surface area is 398 Å². The summed E-state index contributed by atoms with van der Waals surface area (Å²) in [7, 11) is 0. The highest BCUT2D eigenvalue weighted by atomic mass is 32.1. The molecule has 2 aromatic carbocycles. The van der Waals surface area contributed by atoms with Gasteiger partial charge in [0.05, 0.1) is 9.75 Å². The molecular formula is C56H38F3N3O4S2. The third-order valence-electron chi connectivity index (χ3n) is 14.9. The van der Waals surface area contributed by atoms with E-state index in [1.807, 2.05) is 24.3 Å². The molecule has 334 valence electrons. The Kier molecular flexibility index (Phi) is 9.65. The number of nitriles is 3. The molecule has 0 N–H and O–H groups in total. The van der Waals surface area contributed by atoms with Gasteiger partial charge < -0.3 is 9.47 Å². The lowest BCUT2D eigenvalue weighted by molar-refractivity contribution is -0.0867. The number of hydrogen-bond donors (Lipinski definition) is 0. The van der Waals surface area contributed by atoms with Gasteiger partial charge in [0.1, 0.15) is 52.1 Å². The highest BCUT2D eigenvalue weighted by Gasteiger charge is 2.51. The molecule has 4 aromatic rings. The van der Waals surface area contributed by atoms with Crippen LogP contribution in [-0.4, -0.2) is 28.9 Å². The third-order valence-corrected chi connectivity index (χ3v) is 17.1. The fourth-order valence-electron chi connectivity index (χ4n) is 11.9. The topological polar surface area (TPSA) is 124 Å². The summed E-state index contributed by atoms with van der Waals surface area (Å²) in [6.07, 6.45) is 17.2. The maximum absolute atomic E-state index is 14.4. The monoisotopic (exact) mass is 937 g/mol. The van der Waals surface area contributed by atoms with Crippen molar-refractivity contribution in [3.63, 3.8) is 0 Å². The van der Waals surface area contributed by atoms with Gasteiger partial charge in [0.15, 0.2) is 11.6 Å². The Morgan fingerprint density at radius 3 is 1.46 bits per heavy atom. The van der Waals surface area contributed by atoms with Crippen molar-refractivity contribution in [3.05, 3.63) is 160 Å². The summed E-state index contributed by atoms with van der Waals surface area (Å²) >= 11 is 2.91. The number of ether oxygens (including phenoxy) is 2. The van der Waals surface area contributed by atoms with E-state index in [9.17, 15) is 38.5 Å². The molecule has 0 radical (unpaired) electrons. The van der Waals surface area contributed by atoms with Gasteiger partial charge in [0, 0.05) is 66.2 Å². The summed E-state index contributed by atoms with van der Waals surface area (Å²) in [5.74, 6) is 0.532. The van der Waals surface area contributed by atoms with Gasteiger partial charge in [-0.25, -0.2) is 0 Å². The van der Waals surface area contributed by atoms with Crippen LogP contribution in [0.2, 0.25) is 0 Å². The van der Waals surface area contributed by atoms with E-state index in [-0.39, 0.29) is 39.9 Å². The fourth-order valence-corrected chi connectivity index (χ4v) is 14.1. The molecule has 2 saturated carbocycles. The van der Waals surface area contributed by atoms with Crippen LogP contribution in [0.5, 0.6) is 11.5 Å². The van der Waals surface area contributed by atoms with Crippen molar-refractivity contribution in [1.82, 2.24) is 0 Å². The zero-order valence-electron chi connectivity index (χ0n) is 36.4. The predicted molar refractivity (Wildman–Crippen MR) is 255 cm³/mol. The molecule has 12 heteroatoms. The normalized spacial score (nSPS) is 24.3. The number of carbonyl (C=O) groups excluding carboxylic acids is 2. The van der Waals surface area contributed by atoms with Crippen LogP contribution in [0.3, 0.4) is 0 Å². The fraction of sp³-hybridized carbons (Fsp3) is 0.268. The highest BCUT2D eigenvalue weighted by Crippen LogP contribution is 2.60. The van der Waals surface area contributed by atoms with Gasteiger partial charge in [0.2, 0.25) is 0 Å². The zero-order chi connectivity index (χ0) is 46.7. The summed E-state index contributed by atoms with van der Waals surface area (Å²) in [5.41, 5.74) is 3.09. The molecule has 2 fully saturated rings. The van der Waals surface area contributed by atoms with Crippen LogP contribution in [0.1, 0.15) is 116 Å². The van der Waals surface area contributed by atoms with Crippen LogP contribution < -0.4 is 9.47 Å². The Balaban J connectivity index is 0.973. The first-order valence-corrected chi connectivity index (χ1v) is 24.6. The Morgan fingerprint density at radius 1 is 0.603 bits per heavy atom. The van der Waals surface area contributed by atoms with Crippen LogP contribution in [0.15, 0.2) is 118 Å². The molecule has 68 heavy (non-hydrogen) atoms. The lowest BCUT2D eigenvalue weighted by atomic mass is 9.65. The summed E-state index contributed by atoms with van der Waals surface area (Å²) in [5, 5.41) is 29.7. The first kappa shape index (κ1) is 42.3. The van der Waals surface area contributed by atoms with Gasteiger partial charge in [-0.2, -0.15) is 29.0 Å². The van der Waals surface area contributed by atoms with Crippen molar-refractivity contribution >= 4 is 68.7 Å². The second kappa shape index (κ2) is 15.5. The van der Waals surface area contributed by atoms with Crippen LogP contribution in [-0.2, 0) is 0 Å². The Bertz CT molecular complexity index is 3370. The number of nitrogens with zero attached hydrogens (tertiary/aromatic N) is 3.